The highest BCUT2D eigenvalue weighted by molar-refractivity contribution is 5.85. The number of hydrogen-bond acceptors (Lipinski definition) is 2. The Morgan fingerprint density at radius 1 is 1.25 bits per heavy atom. The highest BCUT2D eigenvalue weighted by atomic mass is 16.4. The molecule has 16 heavy (non-hydrogen) atoms. The predicted molar refractivity (Wildman–Crippen MR) is 60.1 cm³/mol. The summed E-state index contributed by atoms with van der Waals surface area (Å²) in [5.74, 6) is -1.92. The van der Waals surface area contributed by atoms with Crippen LogP contribution in [-0.4, -0.2) is 36.0 Å². The van der Waals surface area contributed by atoms with Gasteiger partial charge in [0.1, 0.15) is 0 Å². The van der Waals surface area contributed by atoms with Crippen molar-refractivity contribution >= 4 is 11.9 Å². The topological polar surface area (TPSA) is 57.6 Å². The summed E-state index contributed by atoms with van der Waals surface area (Å²) in [6.45, 7) is 0. The van der Waals surface area contributed by atoms with Crippen LogP contribution in [0.2, 0.25) is 0 Å². The quantitative estimate of drug-likeness (QED) is 0.834. The molecular weight excluding hydrogens is 206 g/mol. The zero-order valence-corrected chi connectivity index (χ0v) is 9.38. The predicted octanol–water partition coefficient (Wildman–Crippen LogP) is 1.33. The minimum absolute atomic E-state index is 0.00759. The van der Waals surface area contributed by atoms with Crippen LogP contribution in [-0.2, 0) is 9.59 Å². The van der Waals surface area contributed by atoms with E-state index in [-0.39, 0.29) is 12.3 Å². The molecule has 0 aliphatic carbocycles. The van der Waals surface area contributed by atoms with Gasteiger partial charge in [-0.15, -0.1) is 0 Å². The molecule has 1 unspecified atom stereocenters. The second-order valence-electron chi connectivity index (χ2n) is 3.79. The van der Waals surface area contributed by atoms with E-state index in [1.165, 1.54) is 4.90 Å². The van der Waals surface area contributed by atoms with Crippen molar-refractivity contribution in [2.45, 2.75) is 12.3 Å². The van der Waals surface area contributed by atoms with Crippen molar-refractivity contribution in [2.24, 2.45) is 0 Å². The van der Waals surface area contributed by atoms with E-state index in [4.69, 9.17) is 5.11 Å². The lowest BCUT2D eigenvalue weighted by molar-refractivity contribution is -0.142. The zero-order chi connectivity index (χ0) is 12.1. The van der Waals surface area contributed by atoms with E-state index in [0.717, 1.165) is 0 Å². The number of amides is 1. The first kappa shape index (κ1) is 12.2. The SMILES string of the molecule is CN(C)C(=O)CC(C(=O)O)c1ccccc1. The maximum Gasteiger partial charge on any atom is 0.311 e. The number of hydrogen-bond donors (Lipinski definition) is 1. The third-order valence-corrected chi connectivity index (χ3v) is 2.38. The second kappa shape index (κ2) is 5.30. The molecule has 0 bridgehead atoms. The summed E-state index contributed by atoms with van der Waals surface area (Å²) < 4.78 is 0. The molecule has 1 atom stereocenters. The van der Waals surface area contributed by atoms with Crippen LogP contribution in [0, 0.1) is 0 Å². The Bertz CT molecular complexity index is 373. The van der Waals surface area contributed by atoms with Crippen molar-refractivity contribution < 1.29 is 14.7 Å². The van der Waals surface area contributed by atoms with Crippen molar-refractivity contribution in [3.8, 4) is 0 Å². The van der Waals surface area contributed by atoms with E-state index in [9.17, 15) is 9.59 Å². The van der Waals surface area contributed by atoms with Gasteiger partial charge in [0.2, 0.25) is 5.91 Å². The fourth-order valence-electron chi connectivity index (χ4n) is 1.39. The van der Waals surface area contributed by atoms with Gasteiger partial charge in [-0.05, 0) is 5.56 Å². The fraction of sp³-hybridized carbons (Fsp3) is 0.333. The van der Waals surface area contributed by atoms with E-state index in [0.29, 0.717) is 5.56 Å². The molecule has 1 aromatic carbocycles. The number of benzene rings is 1. The van der Waals surface area contributed by atoms with E-state index >= 15 is 0 Å². The molecule has 0 spiro atoms. The average molecular weight is 221 g/mol. The molecule has 0 fully saturated rings. The molecular formula is C12H15NO3. The summed E-state index contributed by atoms with van der Waals surface area (Å²) in [4.78, 5) is 24.0. The summed E-state index contributed by atoms with van der Waals surface area (Å²) in [5, 5.41) is 9.09. The van der Waals surface area contributed by atoms with Crippen molar-refractivity contribution in [2.75, 3.05) is 14.1 Å². The number of carbonyl (C=O) groups is 2. The van der Waals surface area contributed by atoms with Crippen molar-refractivity contribution in [1.82, 2.24) is 4.90 Å². The van der Waals surface area contributed by atoms with Gasteiger partial charge in [0, 0.05) is 20.5 Å². The number of aliphatic carboxylic acids is 1. The van der Waals surface area contributed by atoms with E-state index in [1.807, 2.05) is 6.07 Å². The Hall–Kier alpha value is -1.84. The Morgan fingerprint density at radius 3 is 2.25 bits per heavy atom. The van der Waals surface area contributed by atoms with E-state index < -0.39 is 11.9 Å². The van der Waals surface area contributed by atoms with E-state index in [1.54, 1.807) is 38.4 Å². The minimum Gasteiger partial charge on any atom is -0.481 e. The molecule has 0 saturated heterocycles. The Labute approximate surface area is 94.5 Å². The van der Waals surface area contributed by atoms with E-state index in [2.05, 4.69) is 0 Å². The van der Waals surface area contributed by atoms with Gasteiger partial charge in [-0.25, -0.2) is 0 Å². The molecule has 4 nitrogen and oxygen atoms in total. The molecule has 1 aromatic rings. The number of carboxylic acids is 1. The van der Waals surface area contributed by atoms with Gasteiger partial charge in [-0.2, -0.15) is 0 Å². The van der Waals surface area contributed by atoms with Crippen LogP contribution in [0.1, 0.15) is 17.9 Å². The Balaban J connectivity index is 2.85. The largest absolute Gasteiger partial charge is 0.481 e. The Kier molecular flexibility index (Phi) is 4.05. The van der Waals surface area contributed by atoms with Crippen LogP contribution in [0.5, 0.6) is 0 Å². The number of rotatable bonds is 4. The van der Waals surface area contributed by atoms with Crippen LogP contribution in [0.4, 0.5) is 0 Å². The number of nitrogens with zero attached hydrogens (tertiary/aromatic N) is 1. The highest BCUT2D eigenvalue weighted by Crippen LogP contribution is 2.20. The van der Waals surface area contributed by atoms with Gasteiger partial charge in [0.25, 0.3) is 0 Å². The fourth-order valence-corrected chi connectivity index (χ4v) is 1.39. The molecule has 1 amide bonds. The summed E-state index contributed by atoms with van der Waals surface area (Å²) in [6, 6.07) is 8.80. The lowest BCUT2D eigenvalue weighted by atomic mass is 9.95. The van der Waals surface area contributed by atoms with Gasteiger partial charge in [0.15, 0.2) is 0 Å². The normalized spacial score (nSPS) is 11.9. The summed E-state index contributed by atoms with van der Waals surface area (Å²) in [6.07, 6.45) is -0.00759. The molecule has 0 heterocycles. The molecule has 1 N–H and O–H groups in total. The van der Waals surface area contributed by atoms with Gasteiger partial charge in [0.05, 0.1) is 5.92 Å². The zero-order valence-electron chi connectivity index (χ0n) is 9.38. The summed E-state index contributed by atoms with van der Waals surface area (Å²) in [5.41, 5.74) is 0.658. The summed E-state index contributed by atoms with van der Waals surface area (Å²) >= 11 is 0. The molecule has 0 aliphatic rings. The Morgan fingerprint density at radius 2 is 1.81 bits per heavy atom. The highest BCUT2D eigenvalue weighted by Gasteiger charge is 2.23. The van der Waals surface area contributed by atoms with Crippen LogP contribution >= 0.6 is 0 Å². The first-order chi connectivity index (χ1) is 7.52. The minimum atomic E-state index is -0.971. The van der Waals surface area contributed by atoms with Gasteiger partial charge in [-0.3, -0.25) is 9.59 Å². The first-order valence-electron chi connectivity index (χ1n) is 5.00. The number of carbonyl (C=O) groups excluding carboxylic acids is 1. The van der Waals surface area contributed by atoms with Gasteiger partial charge >= 0.3 is 5.97 Å². The van der Waals surface area contributed by atoms with Crippen LogP contribution in [0.25, 0.3) is 0 Å². The monoisotopic (exact) mass is 221 g/mol. The van der Waals surface area contributed by atoms with Crippen molar-refractivity contribution in [3.05, 3.63) is 35.9 Å². The third kappa shape index (κ3) is 3.08. The average Bonchev–Trinajstić information content (AvgIpc) is 2.26. The first-order valence-corrected chi connectivity index (χ1v) is 5.00. The van der Waals surface area contributed by atoms with Crippen molar-refractivity contribution in [3.63, 3.8) is 0 Å². The molecule has 0 aliphatic heterocycles. The molecule has 86 valence electrons. The smallest absolute Gasteiger partial charge is 0.311 e. The molecule has 0 saturated carbocycles. The maximum atomic E-state index is 11.5. The lowest BCUT2D eigenvalue weighted by Crippen LogP contribution is -2.26. The van der Waals surface area contributed by atoms with Crippen molar-refractivity contribution in [1.29, 1.82) is 0 Å². The molecule has 1 rings (SSSR count). The standard InChI is InChI=1S/C12H15NO3/c1-13(2)11(14)8-10(12(15)16)9-6-4-3-5-7-9/h3-7,10H,8H2,1-2H3,(H,15,16). The van der Waals surface area contributed by atoms with Crippen LogP contribution in [0.3, 0.4) is 0 Å². The van der Waals surface area contributed by atoms with Crippen LogP contribution < -0.4 is 0 Å². The van der Waals surface area contributed by atoms with Gasteiger partial charge < -0.3 is 10.0 Å². The lowest BCUT2D eigenvalue weighted by Gasteiger charge is -2.15. The molecule has 0 radical (unpaired) electrons. The molecule has 0 aromatic heterocycles. The molecule has 4 heteroatoms. The number of carboxylic acid groups (broad SMARTS) is 1. The third-order valence-electron chi connectivity index (χ3n) is 2.38. The van der Waals surface area contributed by atoms with Gasteiger partial charge in [-0.1, -0.05) is 30.3 Å². The summed E-state index contributed by atoms with van der Waals surface area (Å²) in [7, 11) is 3.23. The maximum absolute atomic E-state index is 11.5. The van der Waals surface area contributed by atoms with Crippen LogP contribution in [0.15, 0.2) is 30.3 Å². The second-order valence-corrected chi connectivity index (χ2v) is 3.79.